The average molecular weight is 404 g/mol. The van der Waals surface area contributed by atoms with E-state index in [-0.39, 0.29) is 30.7 Å². The predicted molar refractivity (Wildman–Crippen MR) is 93.9 cm³/mol. The maximum absolute atomic E-state index is 13.2. The monoisotopic (exact) mass is 402 g/mol. The van der Waals surface area contributed by atoms with Gasteiger partial charge in [0.1, 0.15) is 5.82 Å². The standard InChI is InChI=1S/C14H17ClF2N4O.2ClH/c15-10-1-2-12(18-8-10)20-3-5-21(6-4-20)13(22)11-7-14(16,17)9-19-11;;/h1-2,8,11,19H,3-7,9H2;2*1H. The highest BCUT2D eigenvalue weighted by atomic mass is 35.5. The Morgan fingerprint density at radius 1 is 1.25 bits per heavy atom. The maximum Gasteiger partial charge on any atom is 0.262 e. The molecule has 1 N–H and O–H groups in total. The van der Waals surface area contributed by atoms with E-state index in [0.717, 1.165) is 5.82 Å². The first-order valence-electron chi connectivity index (χ1n) is 7.21. The second kappa shape index (κ2) is 8.47. The molecule has 3 rings (SSSR count). The smallest absolute Gasteiger partial charge is 0.262 e. The lowest BCUT2D eigenvalue weighted by Crippen LogP contribution is -2.53. The van der Waals surface area contributed by atoms with Crippen molar-refractivity contribution in [3.05, 3.63) is 23.4 Å². The molecule has 0 saturated carbocycles. The van der Waals surface area contributed by atoms with Gasteiger partial charge < -0.3 is 9.80 Å². The number of aromatic nitrogens is 1. The molecular formula is C14H19Cl3F2N4O. The van der Waals surface area contributed by atoms with Crippen LogP contribution in [0, 0.1) is 0 Å². The van der Waals surface area contributed by atoms with E-state index in [1.807, 2.05) is 6.07 Å². The number of hydrogen-bond donors (Lipinski definition) is 1. The Hall–Kier alpha value is -0.890. The second-order valence-electron chi connectivity index (χ2n) is 5.64. The third-order valence-electron chi connectivity index (χ3n) is 4.04. The van der Waals surface area contributed by atoms with Crippen molar-refractivity contribution in [1.29, 1.82) is 0 Å². The number of anilines is 1. The summed E-state index contributed by atoms with van der Waals surface area (Å²) in [5.74, 6) is -2.21. The number of nitrogens with one attached hydrogen (secondary N) is 1. The number of pyridine rings is 1. The lowest BCUT2D eigenvalue weighted by Gasteiger charge is -2.36. The van der Waals surface area contributed by atoms with Crippen molar-refractivity contribution in [1.82, 2.24) is 15.2 Å². The topological polar surface area (TPSA) is 48.5 Å². The Bertz CT molecular complexity index is 553. The van der Waals surface area contributed by atoms with Gasteiger partial charge in [0.15, 0.2) is 0 Å². The molecule has 0 radical (unpaired) electrons. The van der Waals surface area contributed by atoms with Crippen molar-refractivity contribution >= 4 is 48.1 Å². The quantitative estimate of drug-likeness (QED) is 0.823. The normalized spacial score (nSPS) is 22.5. The van der Waals surface area contributed by atoms with Crippen LogP contribution >= 0.6 is 36.4 Å². The molecule has 2 aliphatic heterocycles. The summed E-state index contributed by atoms with van der Waals surface area (Å²) in [6.45, 7) is 1.85. The van der Waals surface area contributed by atoms with Crippen molar-refractivity contribution in [2.24, 2.45) is 0 Å². The first-order valence-corrected chi connectivity index (χ1v) is 7.59. The Morgan fingerprint density at radius 3 is 2.42 bits per heavy atom. The lowest BCUT2D eigenvalue weighted by atomic mass is 10.1. The lowest BCUT2D eigenvalue weighted by molar-refractivity contribution is -0.134. The van der Waals surface area contributed by atoms with Gasteiger partial charge in [0.2, 0.25) is 5.91 Å². The summed E-state index contributed by atoms with van der Waals surface area (Å²) in [6, 6.07) is 2.83. The zero-order valence-corrected chi connectivity index (χ0v) is 15.1. The van der Waals surface area contributed by atoms with Gasteiger partial charge in [-0.1, -0.05) is 11.6 Å². The number of halogens is 5. The zero-order valence-electron chi connectivity index (χ0n) is 12.8. The summed E-state index contributed by atoms with van der Waals surface area (Å²) in [5.41, 5.74) is 0. The van der Waals surface area contributed by atoms with Crippen LogP contribution in [0.1, 0.15) is 6.42 Å². The maximum atomic E-state index is 13.2. The number of nitrogens with zero attached hydrogens (tertiary/aromatic N) is 3. The minimum absolute atomic E-state index is 0. The van der Waals surface area contributed by atoms with E-state index in [1.54, 1.807) is 17.2 Å². The van der Waals surface area contributed by atoms with Gasteiger partial charge in [-0.2, -0.15) is 0 Å². The highest BCUT2D eigenvalue weighted by molar-refractivity contribution is 6.30. The van der Waals surface area contributed by atoms with Crippen LogP contribution in [0.4, 0.5) is 14.6 Å². The molecule has 136 valence electrons. The number of piperazine rings is 1. The van der Waals surface area contributed by atoms with E-state index in [1.165, 1.54) is 0 Å². The van der Waals surface area contributed by atoms with Gasteiger partial charge in [0, 0.05) is 38.8 Å². The van der Waals surface area contributed by atoms with Crippen molar-refractivity contribution in [2.45, 2.75) is 18.4 Å². The average Bonchev–Trinajstić information content (AvgIpc) is 2.88. The first kappa shape index (κ1) is 21.2. The molecule has 0 aromatic carbocycles. The van der Waals surface area contributed by atoms with E-state index in [4.69, 9.17) is 11.6 Å². The van der Waals surface area contributed by atoms with Crippen LogP contribution in [0.15, 0.2) is 18.3 Å². The summed E-state index contributed by atoms with van der Waals surface area (Å²) in [5, 5.41) is 3.19. The third kappa shape index (κ3) is 4.81. The number of rotatable bonds is 2. The molecule has 1 unspecified atom stereocenters. The Labute approximate surface area is 156 Å². The van der Waals surface area contributed by atoms with Crippen LogP contribution < -0.4 is 10.2 Å². The van der Waals surface area contributed by atoms with Crippen LogP contribution in [0.25, 0.3) is 0 Å². The van der Waals surface area contributed by atoms with E-state index in [9.17, 15) is 13.6 Å². The van der Waals surface area contributed by atoms with Crippen molar-refractivity contribution < 1.29 is 13.6 Å². The number of amides is 1. The summed E-state index contributed by atoms with van der Waals surface area (Å²) in [7, 11) is 0. The molecule has 1 aromatic heterocycles. The number of carbonyl (C=O) groups excluding carboxylic acids is 1. The van der Waals surface area contributed by atoms with Crippen LogP contribution in [-0.4, -0.2) is 60.5 Å². The molecule has 5 nitrogen and oxygen atoms in total. The molecule has 10 heteroatoms. The molecule has 0 spiro atoms. The van der Waals surface area contributed by atoms with E-state index in [0.29, 0.717) is 31.2 Å². The van der Waals surface area contributed by atoms with Gasteiger partial charge in [-0.3, -0.25) is 10.1 Å². The third-order valence-corrected chi connectivity index (χ3v) is 4.26. The van der Waals surface area contributed by atoms with Gasteiger partial charge in [0.25, 0.3) is 5.92 Å². The van der Waals surface area contributed by atoms with E-state index >= 15 is 0 Å². The molecule has 0 bridgehead atoms. The van der Waals surface area contributed by atoms with Gasteiger partial charge >= 0.3 is 0 Å². The minimum atomic E-state index is -2.78. The van der Waals surface area contributed by atoms with Gasteiger partial charge in [-0.15, -0.1) is 24.8 Å². The number of hydrogen-bond acceptors (Lipinski definition) is 4. The van der Waals surface area contributed by atoms with Crippen LogP contribution in [0.2, 0.25) is 5.02 Å². The SMILES string of the molecule is Cl.Cl.O=C(C1CC(F)(F)CN1)N1CCN(c2ccc(Cl)cn2)CC1. The number of alkyl halides is 2. The van der Waals surface area contributed by atoms with Crippen LogP contribution in [-0.2, 0) is 4.79 Å². The Kier molecular flexibility index (Phi) is 7.46. The predicted octanol–water partition coefficient (Wildman–Crippen LogP) is 2.22. The second-order valence-corrected chi connectivity index (χ2v) is 6.08. The van der Waals surface area contributed by atoms with Crippen molar-refractivity contribution in [2.75, 3.05) is 37.6 Å². The molecule has 1 amide bonds. The van der Waals surface area contributed by atoms with Gasteiger partial charge in [-0.25, -0.2) is 13.8 Å². The molecule has 24 heavy (non-hydrogen) atoms. The highest BCUT2D eigenvalue weighted by Gasteiger charge is 2.43. The van der Waals surface area contributed by atoms with E-state index in [2.05, 4.69) is 15.2 Å². The van der Waals surface area contributed by atoms with E-state index < -0.39 is 24.9 Å². The first-order chi connectivity index (χ1) is 10.4. The molecule has 3 heterocycles. The Morgan fingerprint density at radius 2 is 1.92 bits per heavy atom. The Balaban J connectivity index is 0.00000144. The fourth-order valence-electron chi connectivity index (χ4n) is 2.82. The fourth-order valence-corrected chi connectivity index (χ4v) is 2.93. The zero-order chi connectivity index (χ0) is 15.7. The van der Waals surface area contributed by atoms with Crippen molar-refractivity contribution in [3.63, 3.8) is 0 Å². The summed E-state index contributed by atoms with van der Waals surface area (Å²) < 4.78 is 26.4. The molecule has 2 aliphatic rings. The fraction of sp³-hybridized carbons (Fsp3) is 0.571. The highest BCUT2D eigenvalue weighted by Crippen LogP contribution is 2.26. The van der Waals surface area contributed by atoms with Crippen LogP contribution in [0.3, 0.4) is 0 Å². The summed E-state index contributed by atoms with van der Waals surface area (Å²) in [6.07, 6.45) is 1.17. The molecular weight excluding hydrogens is 385 g/mol. The largest absolute Gasteiger partial charge is 0.353 e. The molecule has 2 saturated heterocycles. The van der Waals surface area contributed by atoms with Gasteiger partial charge in [-0.05, 0) is 12.1 Å². The minimum Gasteiger partial charge on any atom is -0.353 e. The molecule has 1 aromatic rings. The molecule has 2 fully saturated rings. The molecule has 1 atom stereocenters. The number of carbonyl (C=O) groups is 1. The molecule has 0 aliphatic carbocycles. The van der Waals surface area contributed by atoms with Crippen molar-refractivity contribution in [3.8, 4) is 0 Å². The van der Waals surface area contributed by atoms with Crippen LogP contribution in [0.5, 0.6) is 0 Å². The summed E-state index contributed by atoms with van der Waals surface area (Å²) >= 11 is 5.81. The van der Waals surface area contributed by atoms with Gasteiger partial charge in [0.05, 0.1) is 17.6 Å². The summed E-state index contributed by atoms with van der Waals surface area (Å²) in [4.78, 5) is 20.2.